The lowest BCUT2D eigenvalue weighted by atomic mass is 10.0. The maximum atomic E-state index is 10.9. The third-order valence-corrected chi connectivity index (χ3v) is 5.27. The van der Waals surface area contributed by atoms with Crippen molar-refractivity contribution in [2.24, 2.45) is 5.92 Å². The number of aliphatic carboxylic acids is 1. The maximum absolute atomic E-state index is 10.9. The number of hydrogen-bond acceptors (Lipinski definition) is 3. The van der Waals surface area contributed by atoms with Crippen molar-refractivity contribution in [3.05, 3.63) is 12.2 Å². The molecular formula is C25H47NO3. The molecule has 0 spiro atoms. The average molecular weight is 410 g/mol. The molecule has 0 amide bonds. The third-order valence-electron chi connectivity index (χ3n) is 5.27. The zero-order valence-corrected chi connectivity index (χ0v) is 19.2. The number of carboxylic acids is 1. The summed E-state index contributed by atoms with van der Waals surface area (Å²) in [4.78, 5) is 21.1. The van der Waals surface area contributed by atoms with E-state index in [4.69, 9.17) is 5.11 Å². The second-order valence-electron chi connectivity index (χ2n) is 8.77. The Morgan fingerprint density at radius 3 is 1.76 bits per heavy atom. The molecule has 4 nitrogen and oxygen atoms in total. The van der Waals surface area contributed by atoms with Gasteiger partial charge in [0, 0.05) is 12.5 Å². The lowest BCUT2D eigenvalue weighted by Crippen LogP contribution is -2.33. The van der Waals surface area contributed by atoms with Gasteiger partial charge in [-0.1, -0.05) is 70.9 Å². The van der Waals surface area contributed by atoms with Gasteiger partial charge in [0.05, 0.1) is 6.42 Å². The Hall–Kier alpha value is -1.16. The molecular weight excluding hydrogens is 362 g/mol. The molecule has 1 atom stereocenters. The highest BCUT2D eigenvalue weighted by Gasteiger charge is 2.13. The van der Waals surface area contributed by atoms with Crippen molar-refractivity contribution in [1.82, 2.24) is 5.32 Å². The molecule has 170 valence electrons. The van der Waals surface area contributed by atoms with Crippen LogP contribution in [-0.2, 0) is 9.59 Å². The van der Waals surface area contributed by atoms with Crippen molar-refractivity contribution in [3.8, 4) is 0 Å². The first-order valence-electron chi connectivity index (χ1n) is 12.1. The highest BCUT2D eigenvalue weighted by Crippen LogP contribution is 2.11. The van der Waals surface area contributed by atoms with Gasteiger partial charge >= 0.3 is 5.97 Å². The van der Waals surface area contributed by atoms with Crippen LogP contribution < -0.4 is 5.32 Å². The summed E-state index contributed by atoms with van der Waals surface area (Å²) in [5, 5.41) is 12.4. The van der Waals surface area contributed by atoms with E-state index in [-0.39, 0.29) is 12.5 Å². The Kier molecular flexibility index (Phi) is 20.7. The fourth-order valence-corrected chi connectivity index (χ4v) is 3.68. The summed E-state index contributed by atoms with van der Waals surface area (Å²) in [5.74, 6) is -0.185. The molecule has 0 aliphatic heterocycles. The molecule has 0 radical (unpaired) electrons. The standard InChI is InChI=1S/C25H47NO3/c1-23(2)21-24(22-25(28)29)26-19-17-15-13-11-9-7-5-3-4-6-8-10-12-14-16-18-20-27/h7,9,20,23-24,26H,3-6,8,10-19,21-22H2,1-2H3,(H,28,29)/b9-7-/t24-/m1/s1. The number of unbranched alkanes of at least 4 members (excludes halogenated alkanes) is 12. The van der Waals surface area contributed by atoms with Gasteiger partial charge in [-0.15, -0.1) is 0 Å². The van der Waals surface area contributed by atoms with Crippen LogP contribution in [0.15, 0.2) is 12.2 Å². The van der Waals surface area contributed by atoms with Crippen molar-refractivity contribution >= 4 is 12.3 Å². The number of nitrogens with one attached hydrogen (secondary N) is 1. The van der Waals surface area contributed by atoms with Crippen molar-refractivity contribution in [2.75, 3.05) is 6.54 Å². The van der Waals surface area contributed by atoms with E-state index in [2.05, 4.69) is 31.3 Å². The van der Waals surface area contributed by atoms with Crippen molar-refractivity contribution in [2.45, 2.75) is 123 Å². The minimum Gasteiger partial charge on any atom is -0.481 e. The highest BCUT2D eigenvalue weighted by atomic mass is 16.4. The van der Waals surface area contributed by atoms with Crippen molar-refractivity contribution < 1.29 is 14.7 Å². The smallest absolute Gasteiger partial charge is 0.304 e. The third kappa shape index (κ3) is 23.0. The number of aldehydes is 1. The quantitative estimate of drug-likeness (QED) is 0.119. The van der Waals surface area contributed by atoms with Gasteiger partial charge in [-0.05, 0) is 57.4 Å². The van der Waals surface area contributed by atoms with E-state index in [1.807, 2.05) is 0 Å². The zero-order chi connectivity index (χ0) is 21.6. The first-order chi connectivity index (χ1) is 14.1. The van der Waals surface area contributed by atoms with Crippen LogP contribution in [0.2, 0.25) is 0 Å². The van der Waals surface area contributed by atoms with Crippen molar-refractivity contribution in [3.63, 3.8) is 0 Å². The molecule has 0 saturated heterocycles. The molecule has 29 heavy (non-hydrogen) atoms. The van der Waals surface area contributed by atoms with Crippen LogP contribution in [0.4, 0.5) is 0 Å². The summed E-state index contributed by atoms with van der Waals surface area (Å²) < 4.78 is 0. The second kappa shape index (κ2) is 21.5. The Morgan fingerprint density at radius 2 is 1.28 bits per heavy atom. The molecule has 0 unspecified atom stereocenters. The Labute approximate surface area is 179 Å². The Bertz CT molecular complexity index is 407. The van der Waals surface area contributed by atoms with Crippen LogP contribution in [0.5, 0.6) is 0 Å². The summed E-state index contributed by atoms with van der Waals surface area (Å²) in [6, 6.07) is 0.106. The highest BCUT2D eigenvalue weighted by molar-refractivity contribution is 5.67. The minimum absolute atomic E-state index is 0.106. The van der Waals surface area contributed by atoms with Gasteiger partial charge in [-0.2, -0.15) is 0 Å². The molecule has 2 N–H and O–H groups in total. The maximum Gasteiger partial charge on any atom is 0.304 e. The molecule has 4 heteroatoms. The van der Waals surface area contributed by atoms with E-state index in [1.54, 1.807) is 0 Å². The molecule has 0 fully saturated rings. The molecule has 0 saturated carbocycles. The summed E-state index contributed by atoms with van der Waals surface area (Å²) in [6.45, 7) is 5.21. The molecule has 0 aromatic heterocycles. The summed E-state index contributed by atoms with van der Waals surface area (Å²) in [6.07, 6.45) is 23.6. The molecule has 0 bridgehead atoms. The summed E-state index contributed by atoms with van der Waals surface area (Å²) >= 11 is 0. The molecule has 0 rings (SSSR count). The van der Waals surface area contributed by atoms with Gasteiger partial charge in [-0.25, -0.2) is 0 Å². The molecule has 0 heterocycles. The minimum atomic E-state index is -0.709. The average Bonchev–Trinajstić information content (AvgIpc) is 2.66. The van der Waals surface area contributed by atoms with E-state index in [9.17, 15) is 9.59 Å². The Morgan fingerprint density at radius 1 is 0.793 bits per heavy atom. The lowest BCUT2D eigenvalue weighted by Gasteiger charge is -2.18. The van der Waals surface area contributed by atoms with Crippen LogP contribution in [0.1, 0.15) is 117 Å². The van der Waals surface area contributed by atoms with Gasteiger partial charge in [0.15, 0.2) is 0 Å². The molecule has 0 aliphatic carbocycles. The molecule has 0 aromatic rings. The van der Waals surface area contributed by atoms with E-state index in [1.165, 1.54) is 64.2 Å². The van der Waals surface area contributed by atoms with Gasteiger partial charge in [0.2, 0.25) is 0 Å². The zero-order valence-electron chi connectivity index (χ0n) is 19.2. The number of allylic oxidation sites excluding steroid dienone is 2. The normalized spacial score (nSPS) is 12.7. The predicted octanol–water partition coefficient (Wildman–Crippen LogP) is 6.68. The van der Waals surface area contributed by atoms with E-state index in [0.29, 0.717) is 5.92 Å². The monoisotopic (exact) mass is 409 g/mol. The van der Waals surface area contributed by atoms with E-state index >= 15 is 0 Å². The second-order valence-corrected chi connectivity index (χ2v) is 8.77. The first kappa shape index (κ1) is 27.8. The summed E-state index contributed by atoms with van der Waals surface area (Å²) in [7, 11) is 0. The fraction of sp³-hybridized carbons (Fsp3) is 0.840. The predicted molar refractivity (Wildman–Crippen MR) is 123 cm³/mol. The van der Waals surface area contributed by atoms with E-state index in [0.717, 1.165) is 44.9 Å². The number of hydrogen-bond donors (Lipinski definition) is 2. The van der Waals surface area contributed by atoms with Crippen LogP contribution >= 0.6 is 0 Å². The number of carbonyl (C=O) groups excluding carboxylic acids is 1. The van der Waals surface area contributed by atoms with Gasteiger partial charge in [0.1, 0.15) is 6.29 Å². The van der Waals surface area contributed by atoms with Gasteiger partial charge < -0.3 is 15.2 Å². The van der Waals surface area contributed by atoms with Crippen LogP contribution in [0, 0.1) is 5.92 Å². The van der Waals surface area contributed by atoms with Gasteiger partial charge in [-0.3, -0.25) is 4.79 Å². The number of rotatable bonds is 22. The first-order valence-corrected chi connectivity index (χ1v) is 12.1. The fourth-order valence-electron chi connectivity index (χ4n) is 3.68. The largest absolute Gasteiger partial charge is 0.481 e. The van der Waals surface area contributed by atoms with Crippen LogP contribution in [-0.4, -0.2) is 29.9 Å². The topological polar surface area (TPSA) is 66.4 Å². The van der Waals surface area contributed by atoms with E-state index < -0.39 is 5.97 Å². The van der Waals surface area contributed by atoms with Crippen LogP contribution in [0.3, 0.4) is 0 Å². The van der Waals surface area contributed by atoms with Crippen LogP contribution in [0.25, 0.3) is 0 Å². The number of carbonyl (C=O) groups is 2. The lowest BCUT2D eigenvalue weighted by molar-refractivity contribution is -0.137. The molecule has 0 aliphatic rings. The van der Waals surface area contributed by atoms with Gasteiger partial charge in [0.25, 0.3) is 0 Å². The van der Waals surface area contributed by atoms with Crippen molar-refractivity contribution in [1.29, 1.82) is 0 Å². The molecule has 0 aromatic carbocycles. The number of carboxylic acid groups (broad SMARTS) is 1. The Balaban J connectivity index is 3.39. The summed E-state index contributed by atoms with van der Waals surface area (Å²) in [5.41, 5.74) is 0. The SMILES string of the molecule is CC(C)C[C@H](CC(=O)O)NCCCCC/C=C\CCCCCCCCCCC=O.